The molecule has 1 aliphatic rings. The zero-order valence-corrected chi connectivity index (χ0v) is 15.7. The van der Waals surface area contributed by atoms with Crippen LogP contribution >= 0.6 is 0 Å². The van der Waals surface area contributed by atoms with E-state index in [9.17, 15) is 4.79 Å². The van der Waals surface area contributed by atoms with E-state index in [1.54, 1.807) is 6.20 Å². The van der Waals surface area contributed by atoms with Crippen LogP contribution in [0.2, 0.25) is 0 Å². The average molecular weight is 376 g/mol. The minimum atomic E-state index is -0.0168. The third-order valence-electron chi connectivity index (χ3n) is 5.09. The van der Waals surface area contributed by atoms with Gasteiger partial charge in [0.2, 0.25) is 0 Å². The first kappa shape index (κ1) is 18.4. The molecule has 1 aliphatic heterocycles. The van der Waals surface area contributed by atoms with E-state index in [1.807, 2.05) is 36.5 Å². The molecule has 6 nitrogen and oxygen atoms in total. The summed E-state index contributed by atoms with van der Waals surface area (Å²) in [7, 11) is 0. The number of aliphatic hydroxyl groups excluding tert-OH is 1. The maximum Gasteiger partial charge on any atom is 0.253 e. The third-order valence-corrected chi connectivity index (χ3v) is 5.09. The Hall–Kier alpha value is -2.99. The van der Waals surface area contributed by atoms with Gasteiger partial charge in [0.1, 0.15) is 0 Å². The molecule has 3 aromatic heterocycles. The Balaban J connectivity index is 1.52. The summed E-state index contributed by atoms with van der Waals surface area (Å²) in [6.07, 6.45) is 8.28. The van der Waals surface area contributed by atoms with Gasteiger partial charge in [-0.1, -0.05) is 6.42 Å². The number of aryl methyl sites for hydroxylation is 1. The number of rotatable bonds is 7. The number of aromatic nitrogens is 3. The molecule has 0 unspecified atom stereocenters. The van der Waals surface area contributed by atoms with Crippen molar-refractivity contribution in [2.45, 2.75) is 32.1 Å². The molecule has 3 N–H and O–H groups in total. The third kappa shape index (κ3) is 3.97. The standard InChI is InChI=1S/C22H24N4O2/c27-11-3-1-2-4-17-6-5-16(14-25-17)20-12-15(7-9-23-20)21-13-18-19(26-21)8-10-24-22(18)28/h5-7,9,12-14,26-27H,1-4,8,10-11H2,(H,24,28). The Morgan fingerprint density at radius 1 is 1.04 bits per heavy atom. The second-order valence-electron chi connectivity index (χ2n) is 7.08. The number of unbranched alkanes of at least 4 members (excludes halogenated alkanes) is 2. The predicted molar refractivity (Wildman–Crippen MR) is 108 cm³/mol. The molecule has 28 heavy (non-hydrogen) atoms. The molecule has 0 atom stereocenters. The van der Waals surface area contributed by atoms with Crippen LogP contribution in [-0.2, 0) is 12.8 Å². The number of aromatic amines is 1. The molecule has 0 fully saturated rings. The molecule has 4 rings (SSSR count). The van der Waals surface area contributed by atoms with Crippen LogP contribution in [-0.4, -0.2) is 39.1 Å². The van der Waals surface area contributed by atoms with E-state index in [0.717, 1.165) is 71.6 Å². The number of nitrogens with one attached hydrogen (secondary N) is 2. The van der Waals surface area contributed by atoms with Crippen LogP contribution in [0, 0.1) is 0 Å². The molecule has 0 saturated carbocycles. The zero-order chi connectivity index (χ0) is 19.3. The number of carbonyl (C=O) groups excluding carboxylic acids is 1. The smallest absolute Gasteiger partial charge is 0.253 e. The molecular formula is C22H24N4O2. The molecule has 4 heterocycles. The summed E-state index contributed by atoms with van der Waals surface area (Å²) in [5, 5.41) is 11.7. The minimum absolute atomic E-state index is 0.0168. The summed E-state index contributed by atoms with van der Waals surface area (Å²) in [4.78, 5) is 24.4. The van der Waals surface area contributed by atoms with Crippen molar-refractivity contribution in [2.24, 2.45) is 0 Å². The number of pyridine rings is 2. The van der Waals surface area contributed by atoms with Crippen LogP contribution in [0.3, 0.4) is 0 Å². The van der Waals surface area contributed by atoms with Gasteiger partial charge >= 0.3 is 0 Å². The average Bonchev–Trinajstić information content (AvgIpc) is 3.18. The molecule has 0 radical (unpaired) electrons. The van der Waals surface area contributed by atoms with Crippen molar-refractivity contribution in [1.29, 1.82) is 0 Å². The van der Waals surface area contributed by atoms with Gasteiger partial charge in [0.15, 0.2) is 0 Å². The fraction of sp³-hybridized carbons (Fsp3) is 0.318. The molecule has 3 aromatic rings. The molecule has 144 valence electrons. The van der Waals surface area contributed by atoms with Crippen LogP contribution in [0.15, 0.2) is 42.7 Å². The fourth-order valence-corrected chi connectivity index (χ4v) is 3.52. The van der Waals surface area contributed by atoms with Gasteiger partial charge < -0.3 is 15.4 Å². The van der Waals surface area contributed by atoms with Crippen LogP contribution < -0.4 is 5.32 Å². The van der Waals surface area contributed by atoms with Gasteiger partial charge in [-0.05, 0) is 49.6 Å². The summed E-state index contributed by atoms with van der Waals surface area (Å²) in [5.41, 5.74) is 6.53. The number of fused-ring (bicyclic) bond motifs is 1. The lowest BCUT2D eigenvalue weighted by Crippen LogP contribution is -2.31. The first-order chi connectivity index (χ1) is 13.7. The van der Waals surface area contributed by atoms with E-state index in [1.165, 1.54) is 0 Å². The molecule has 6 heteroatoms. The van der Waals surface area contributed by atoms with Gasteiger partial charge in [-0.3, -0.25) is 14.8 Å². The number of hydrogen-bond donors (Lipinski definition) is 3. The van der Waals surface area contributed by atoms with E-state index in [0.29, 0.717) is 6.54 Å². The van der Waals surface area contributed by atoms with Gasteiger partial charge in [-0.15, -0.1) is 0 Å². The van der Waals surface area contributed by atoms with E-state index >= 15 is 0 Å². The van der Waals surface area contributed by atoms with Crippen LogP contribution in [0.25, 0.3) is 22.5 Å². The molecule has 1 amide bonds. The Morgan fingerprint density at radius 3 is 2.75 bits per heavy atom. The SMILES string of the molecule is O=C1NCCc2[nH]c(-c3ccnc(-c4ccc(CCCCCO)nc4)c3)cc21. The van der Waals surface area contributed by atoms with Crippen molar-refractivity contribution in [1.82, 2.24) is 20.3 Å². The molecule has 0 aliphatic carbocycles. The Kier molecular flexibility index (Phi) is 5.48. The van der Waals surface area contributed by atoms with Gasteiger partial charge in [-0.2, -0.15) is 0 Å². The van der Waals surface area contributed by atoms with Crippen molar-refractivity contribution in [2.75, 3.05) is 13.2 Å². The van der Waals surface area contributed by atoms with Crippen molar-refractivity contribution in [3.8, 4) is 22.5 Å². The molecule has 0 bridgehead atoms. The maximum absolute atomic E-state index is 12.0. The summed E-state index contributed by atoms with van der Waals surface area (Å²) < 4.78 is 0. The summed E-state index contributed by atoms with van der Waals surface area (Å²) >= 11 is 0. The molecule has 0 spiro atoms. The topological polar surface area (TPSA) is 90.9 Å². The molecule has 0 saturated heterocycles. The first-order valence-corrected chi connectivity index (χ1v) is 9.77. The Labute approximate surface area is 164 Å². The van der Waals surface area contributed by atoms with Crippen LogP contribution in [0.4, 0.5) is 0 Å². The number of amides is 1. The Bertz CT molecular complexity index is 963. The minimum Gasteiger partial charge on any atom is -0.396 e. The summed E-state index contributed by atoms with van der Waals surface area (Å²) in [6.45, 7) is 0.925. The maximum atomic E-state index is 12.0. The van der Waals surface area contributed by atoms with Gasteiger partial charge in [-0.25, -0.2) is 0 Å². The van der Waals surface area contributed by atoms with Crippen molar-refractivity contribution in [3.63, 3.8) is 0 Å². The van der Waals surface area contributed by atoms with Gasteiger partial charge in [0.05, 0.1) is 11.3 Å². The normalized spacial score (nSPS) is 13.2. The number of carbonyl (C=O) groups is 1. The lowest BCUT2D eigenvalue weighted by Gasteiger charge is -2.10. The first-order valence-electron chi connectivity index (χ1n) is 9.77. The van der Waals surface area contributed by atoms with E-state index in [-0.39, 0.29) is 12.5 Å². The Morgan fingerprint density at radius 2 is 1.96 bits per heavy atom. The van der Waals surface area contributed by atoms with Crippen LogP contribution in [0.1, 0.15) is 41.0 Å². The number of H-pyrrole nitrogens is 1. The molecular weight excluding hydrogens is 352 g/mol. The van der Waals surface area contributed by atoms with Gasteiger partial charge in [0, 0.05) is 60.2 Å². The lowest BCUT2D eigenvalue weighted by molar-refractivity contribution is 0.0946. The van der Waals surface area contributed by atoms with Crippen LogP contribution in [0.5, 0.6) is 0 Å². The monoisotopic (exact) mass is 376 g/mol. The van der Waals surface area contributed by atoms with Crippen molar-refractivity contribution >= 4 is 5.91 Å². The fourth-order valence-electron chi connectivity index (χ4n) is 3.52. The van der Waals surface area contributed by atoms with E-state index in [4.69, 9.17) is 5.11 Å². The molecule has 0 aromatic carbocycles. The highest BCUT2D eigenvalue weighted by molar-refractivity contribution is 5.97. The second-order valence-corrected chi connectivity index (χ2v) is 7.08. The highest BCUT2D eigenvalue weighted by atomic mass is 16.2. The predicted octanol–water partition coefficient (Wildman–Crippen LogP) is 3.13. The highest BCUT2D eigenvalue weighted by Crippen LogP contribution is 2.27. The van der Waals surface area contributed by atoms with Gasteiger partial charge in [0.25, 0.3) is 5.91 Å². The number of nitrogens with zero attached hydrogens (tertiary/aromatic N) is 2. The number of aliphatic hydroxyl groups is 1. The number of hydrogen-bond acceptors (Lipinski definition) is 4. The highest BCUT2D eigenvalue weighted by Gasteiger charge is 2.20. The van der Waals surface area contributed by atoms with E-state index in [2.05, 4.69) is 20.3 Å². The van der Waals surface area contributed by atoms with E-state index < -0.39 is 0 Å². The summed E-state index contributed by atoms with van der Waals surface area (Å²) in [5.74, 6) is -0.0168. The second kappa shape index (κ2) is 8.35. The lowest BCUT2D eigenvalue weighted by atomic mass is 10.1. The largest absolute Gasteiger partial charge is 0.396 e. The van der Waals surface area contributed by atoms with Crippen molar-refractivity contribution in [3.05, 3.63) is 59.7 Å². The summed E-state index contributed by atoms with van der Waals surface area (Å²) in [6, 6.07) is 9.97. The quantitative estimate of drug-likeness (QED) is 0.553. The zero-order valence-electron chi connectivity index (χ0n) is 15.7. The van der Waals surface area contributed by atoms with Crippen molar-refractivity contribution < 1.29 is 9.90 Å².